The van der Waals surface area contributed by atoms with Crippen LogP contribution in [0.2, 0.25) is 0 Å². The zero-order chi connectivity index (χ0) is 14.5. The van der Waals surface area contributed by atoms with E-state index in [1.807, 2.05) is 6.07 Å². The standard InChI is InChI=1S/C15H18BrNO3/c1-20-15(19)4-2-3-14(18)17-13-8-5-10-9-11(16)6-7-12(10)13/h6-7,9,13H,2-5,8H2,1H3,(H,17,18)/t13-/m1/s1. The number of benzene rings is 1. The lowest BCUT2D eigenvalue weighted by atomic mass is 10.1. The smallest absolute Gasteiger partial charge is 0.305 e. The number of esters is 1. The van der Waals surface area contributed by atoms with Crippen molar-refractivity contribution in [2.45, 2.75) is 38.1 Å². The van der Waals surface area contributed by atoms with E-state index in [-0.39, 0.29) is 24.3 Å². The number of carbonyl (C=O) groups is 2. The summed E-state index contributed by atoms with van der Waals surface area (Å²) in [6, 6.07) is 6.27. The van der Waals surface area contributed by atoms with Gasteiger partial charge in [0, 0.05) is 17.3 Å². The Morgan fingerprint density at radius 1 is 1.40 bits per heavy atom. The second-order valence-corrected chi connectivity index (χ2v) is 5.85. The zero-order valence-electron chi connectivity index (χ0n) is 11.4. The Kier molecular flexibility index (Phi) is 5.17. The van der Waals surface area contributed by atoms with Crippen LogP contribution in [0.4, 0.5) is 0 Å². The summed E-state index contributed by atoms with van der Waals surface area (Å²) in [4.78, 5) is 22.8. The average Bonchev–Trinajstić information content (AvgIpc) is 2.80. The van der Waals surface area contributed by atoms with Gasteiger partial charge in [-0.05, 0) is 42.5 Å². The molecular formula is C15H18BrNO3. The van der Waals surface area contributed by atoms with E-state index in [0.29, 0.717) is 12.8 Å². The van der Waals surface area contributed by atoms with Crippen molar-refractivity contribution in [3.8, 4) is 0 Å². The van der Waals surface area contributed by atoms with Crippen LogP contribution in [0.5, 0.6) is 0 Å². The molecular weight excluding hydrogens is 322 g/mol. The largest absolute Gasteiger partial charge is 0.469 e. The van der Waals surface area contributed by atoms with Gasteiger partial charge in [0.2, 0.25) is 5.91 Å². The Morgan fingerprint density at radius 3 is 2.95 bits per heavy atom. The Morgan fingerprint density at radius 2 is 2.20 bits per heavy atom. The van der Waals surface area contributed by atoms with Crippen molar-refractivity contribution in [2.24, 2.45) is 0 Å². The van der Waals surface area contributed by atoms with E-state index in [1.165, 1.54) is 18.2 Å². The van der Waals surface area contributed by atoms with Crippen molar-refractivity contribution in [2.75, 3.05) is 7.11 Å². The van der Waals surface area contributed by atoms with Crippen molar-refractivity contribution >= 4 is 27.8 Å². The molecule has 0 aromatic heterocycles. The number of hydrogen-bond donors (Lipinski definition) is 1. The highest BCUT2D eigenvalue weighted by atomic mass is 79.9. The number of ether oxygens (including phenoxy) is 1. The molecule has 5 heteroatoms. The topological polar surface area (TPSA) is 55.4 Å². The van der Waals surface area contributed by atoms with Crippen LogP contribution < -0.4 is 5.32 Å². The molecule has 1 aromatic rings. The molecule has 1 atom stereocenters. The molecule has 0 unspecified atom stereocenters. The lowest BCUT2D eigenvalue weighted by molar-refractivity contribution is -0.140. The van der Waals surface area contributed by atoms with Gasteiger partial charge in [-0.3, -0.25) is 9.59 Å². The van der Waals surface area contributed by atoms with Crippen LogP contribution in [0.25, 0.3) is 0 Å². The second kappa shape index (κ2) is 6.88. The number of nitrogens with one attached hydrogen (secondary N) is 1. The lowest BCUT2D eigenvalue weighted by Gasteiger charge is -2.14. The van der Waals surface area contributed by atoms with Gasteiger partial charge >= 0.3 is 5.97 Å². The molecule has 0 saturated heterocycles. The van der Waals surface area contributed by atoms with E-state index in [9.17, 15) is 9.59 Å². The number of fused-ring (bicyclic) bond motifs is 1. The highest BCUT2D eigenvalue weighted by Crippen LogP contribution is 2.32. The van der Waals surface area contributed by atoms with Gasteiger partial charge in [-0.1, -0.05) is 22.0 Å². The van der Waals surface area contributed by atoms with Crippen LogP contribution in [0.15, 0.2) is 22.7 Å². The molecule has 0 fully saturated rings. The first-order valence-corrected chi connectivity index (χ1v) is 7.54. The van der Waals surface area contributed by atoms with Crippen molar-refractivity contribution in [1.29, 1.82) is 0 Å². The molecule has 1 aliphatic carbocycles. The number of aryl methyl sites for hydroxylation is 1. The molecule has 1 N–H and O–H groups in total. The molecule has 20 heavy (non-hydrogen) atoms. The van der Waals surface area contributed by atoms with Crippen molar-refractivity contribution < 1.29 is 14.3 Å². The third-order valence-electron chi connectivity index (χ3n) is 3.53. The summed E-state index contributed by atoms with van der Waals surface area (Å²) < 4.78 is 5.62. The predicted octanol–water partition coefficient (Wildman–Crippen LogP) is 2.90. The van der Waals surface area contributed by atoms with E-state index in [4.69, 9.17) is 0 Å². The van der Waals surface area contributed by atoms with Gasteiger partial charge in [-0.2, -0.15) is 0 Å². The van der Waals surface area contributed by atoms with E-state index in [1.54, 1.807) is 0 Å². The van der Waals surface area contributed by atoms with E-state index in [2.05, 4.69) is 38.1 Å². The Hall–Kier alpha value is -1.36. The number of halogens is 1. The fraction of sp³-hybridized carbons (Fsp3) is 0.467. The van der Waals surface area contributed by atoms with Crippen LogP contribution in [-0.4, -0.2) is 19.0 Å². The average molecular weight is 340 g/mol. The third kappa shape index (κ3) is 3.82. The number of amides is 1. The molecule has 0 spiro atoms. The number of hydrogen-bond acceptors (Lipinski definition) is 3. The van der Waals surface area contributed by atoms with Crippen molar-refractivity contribution in [1.82, 2.24) is 5.32 Å². The van der Waals surface area contributed by atoms with Gasteiger partial charge in [0.1, 0.15) is 0 Å². The molecule has 0 heterocycles. The molecule has 108 valence electrons. The van der Waals surface area contributed by atoms with E-state index >= 15 is 0 Å². The molecule has 4 nitrogen and oxygen atoms in total. The first-order chi connectivity index (χ1) is 9.60. The van der Waals surface area contributed by atoms with E-state index < -0.39 is 0 Å². The normalized spacial score (nSPS) is 16.6. The summed E-state index contributed by atoms with van der Waals surface area (Å²) in [6.07, 6.45) is 3.10. The Bertz CT molecular complexity index is 516. The molecule has 0 saturated carbocycles. The maximum absolute atomic E-state index is 11.9. The number of carbonyl (C=O) groups excluding carboxylic acids is 2. The van der Waals surface area contributed by atoms with Crippen molar-refractivity contribution in [3.05, 3.63) is 33.8 Å². The number of methoxy groups -OCH3 is 1. The number of rotatable bonds is 5. The monoisotopic (exact) mass is 339 g/mol. The molecule has 1 aromatic carbocycles. The van der Waals surface area contributed by atoms with Crippen LogP contribution in [-0.2, 0) is 20.7 Å². The van der Waals surface area contributed by atoms with E-state index in [0.717, 1.165) is 17.3 Å². The minimum absolute atomic E-state index is 0.00493. The zero-order valence-corrected chi connectivity index (χ0v) is 13.0. The first kappa shape index (κ1) is 15.0. The summed E-state index contributed by atoms with van der Waals surface area (Å²) in [5.74, 6) is -0.275. The maximum Gasteiger partial charge on any atom is 0.305 e. The Balaban J connectivity index is 1.83. The predicted molar refractivity (Wildman–Crippen MR) is 79.2 cm³/mol. The van der Waals surface area contributed by atoms with Crippen LogP contribution >= 0.6 is 15.9 Å². The van der Waals surface area contributed by atoms with Crippen LogP contribution in [0, 0.1) is 0 Å². The van der Waals surface area contributed by atoms with Gasteiger partial charge in [0.15, 0.2) is 0 Å². The fourth-order valence-corrected chi connectivity index (χ4v) is 2.91. The summed E-state index contributed by atoms with van der Waals surface area (Å²) in [5, 5.41) is 3.04. The summed E-state index contributed by atoms with van der Waals surface area (Å²) >= 11 is 3.46. The Labute approximate surface area is 127 Å². The third-order valence-corrected chi connectivity index (χ3v) is 4.02. The SMILES string of the molecule is COC(=O)CCCC(=O)N[C@@H]1CCc2cc(Br)ccc21. The summed E-state index contributed by atoms with van der Waals surface area (Å²) in [5.41, 5.74) is 2.49. The van der Waals surface area contributed by atoms with Crippen LogP contribution in [0.3, 0.4) is 0 Å². The molecule has 1 amide bonds. The van der Waals surface area contributed by atoms with Gasteiger partial charge < -0.3 is 10.1 Å². The minimum atomic E-state index is -0.270. The first-order valence-electron chi connectivity index (χ1n) is 6.74. The highest BCUT2D eigenvalue weighted by molar-refractivity contribution is 9.10. The van der Waals surface area contributed by atoms with Gasteiger partial charge in [0.05, 0.1) is 13.2 Å². The molecule has 2 rings (SSSR count). The lowest BCUT2D eigenvalue weighted by Crippen LogP contribution is -2.26. The van der Waals surface area contributed by atoms with Gasteiger partial charge in [-0.15, -0.1) is 0 Å². The maximum atomic E-state index is 11.9. The molecule has 0 aliphatic heterocycles. The second-order valence-electron chi connectivity index (χ2n) is 4.93. The highest BCUT2D eigenvalue weighted by Gasteiger charge is 2.23. The summed E-state index contributed by atoms with van der Waals surface area (Å²) in [6.45, 7) is 0. The molecule has 1 aliphatic rings. The summed E-state index contributed by atoms with van der Waals surface area (Å²) in [7, 11) is 1.36. The molecule has 0 bridgehead atoms. The fourth-order valence-electron chi connectivity index (χ4n) is 2.50. The van der Waals surface area contributed by atoms with Gasteiger partial charge in [-0.25, -0.2) is 0 Å². The van der Waals surface area contributed by atoms with Crippen LogP contribution in [0.1, 0.15) is 42.9 Å². The minimum Gasteiger partial charge on any atom is -0.469 e. The van der Waals surface area contributed by atoms with Gasteiger partial charge in [0.25, 0.3) is 0 Å². The van der Waals surface area contributed by atoms with Crippen molar-refractivity contribution in [3.63, 3.8) is 0 Å². The quantitative estimate of drug-likeness (QED) is 0.839. The molecule has 0 radical (unpaired) electrons.